The van der Waals surface area contributed by atoms with E-state index in [0.29, 0.717) is 5.56 Å². The molecule has 0 bridgehead atoms. The summed E-state index contributed by atoms with van der Waals surface area (Å²) in [6.07, 6.45) is 10.3. The van der Waals surface area contributed by atoms with Crippen molar-refractivity contribution in [2.45, 2.75) is 39.0 Å². The molecule has 0 heterocycles. The number of halogens is 1. The molecule has 0 aromatic heterocycles. The first-order chi connectivity index (χ1) is 10.2. The number of hydrogen-bond donors (Lipinski definition) is 1. The number of allylic oxidation sites excluding steroid dienone is 1. The summed E-state index contributed by atoms with van der Waals surface area (Å²) < 4.78 is 13.5. The molecular weight excluding hydrogens is 261 g/mol. The molecule has 1 aromatic rings. The lowest BCUT2D eigenvalue weighted by Gasteiger charge is -2.31. The highest BCUT2D eigenvalue weighted by Gasteiger charge is 2.23. The summed E-state index contributed by atoms with van der Waals surface area (Å²) in [5, 5.41) is 3.40. The zero-order chi connectivity index (χ0) is 15.1. The van der Waals surface area contributed by atoms with Crippen molar-refractivity contribution in [1.82, 2.24) is 5.32 Å². The van der Waals surface area contributed by atoms with E-state index in [1.165, 1.54) is 38.2 Å². The number of nitrogens with one attached hydrogen (secondary N) is 1. The van der Waals surface area contributed by atoms with E-state index in [1.54, 1.807) is 18.2 Å². The van der Waals surface area contributed by atoms with Gasteiger partial charge < -0.3 is 5.32 Å². The molecule has 0 aliphatic heterocycles. The van der Waals surface area contributed by atoms with Gasteiger partial charge in [-0.1, -0.05) is 63.5 Å². The Morgan fingerprint density at radius 1 is 1.29 bits per heavy atom. The van der Waals surface area contributed by atoms with Crippen molar-refractivity contribution in [1.29, 1.82) is 0 Å². The normalized spacial score (nSPS) is 22.4. The summed E-state index contributed by atoms with van der Waals surface area (Å²) in [7, 11) is 0. The monoisotopic (exact) mass is 287 g/mol. The van der Waals surface area contributed by atoms with E-state index < -0.39 is 0 Å². The van der Waals surface area contributed by atoms with Crippen LogP contribution in [0.15, 0.2) is 42.6 Å². The van der Waals surface area contributed by atoms with Crippen LogP contribution in [-0.4, -0.2) is 6.54 Å². The van der Waals surface area contributed by atoms with Crippen molar-refractivity contribution in [3.8, 4) is 0 Å². The van der Waals surface area contributed by atoms with Crippen LogP contribution in [0.3, 0.4) is 0 Å². The second-order valence-electron chi connectivity index (χ2n) is 5.97. The summed E-state index contributed by atoms with van der Waals surface area (Å²) in [5.41, 5.74) is 1.46. The summed E-state index contributed by atoms with van der Waals surface area (Å²) in [5.74, 6) is 1.40. The zero-order valence-electron chi connectivity index (χ0n) is 12.9. The minimum absolute atomic E-state index is 0.195. The van der Waals surface area contributed by atoms with Gasteiger partial charge in [0.1, 0.15) is 5.82 Å². The molecule has 0 saturated heterocycles. The summed E-state index contributed by atoms with van der Waals surface area (Å²) in [6.45, 7) is 7.29. The molecule has 21 heavy (non-hydrogen) atoms. The molecule has 0 amide bonds. The molecule has 114 valence electrons. The van der Waals surface area contributed by atoms with Crippen LogP contribution in [0, 0.1) is 17.7 Å². The van der Waals surface area contributed by atoms with Gasteiger partial charge in [-0.3, -0.25) is 0 Å². The van der Waals surface area contributed by atoms with E-state index in [9.17, 15) is 4.39 Å². The van der Waals surface area contributed by atoms with Crippen LogP contribution in [0.5, 0.6) is 0 Å². The van der Waals surface area contributed by atoms with E-state index in [1.807, 2.05) is 12.1 Å². The van der Waals surface area contributed by atoms with Gasteiger partial charge in [0.05, 0.1) is 0 Å². The first kappa shape index (κ1) is 15.8. The van der Waals surface area contributed by atoms with Crippen LogP contribution in [0.1, 0.15) is 44.6 Å². The Kier molecular flexibility index (Phi) is 6.04. The third-order valence-corrected chi connectivity index (χ3v) is 4.55. The van der Waals surface area contributed by atoms with Crippen LogP contribution >= 0.6 is 0 Å². The lowest BCUT2D eigenvalue weighted by molar-refractivity contribution is 0.228. The molecule has 1 fully saturated rings. The zero-order valence-corrected chi connectivity index (χ0v) is 12.9. The molecule has 0 spiro atoms. The van der Waals surface area contributed by atoms with E-state index in [4.69, 9.17) is 0 Å². The third-order valence-electron chi connectivity index (χ3n) is 4.55. The van der Waals surface area contributed by atoms with Crippen LogP contribution < -0.4 is 5.32 Å². The van der Waals surface area contributed by atoms with Gasteiger partial charge in [-0.15, -0.1) is 0 Å². The molecular formula is C19H26FN. The lowest BCUT2D eigenvalue weighted by Crippen LogP contribution is -2.29. The van der Waals surface area contributed by atoms with Crippen molar-refractivity contribution in [2.75, 3.05) is 6.54 Å². The number of rotatable bonds is 6. The smallest absolute Gasteiger partial charge is 0.130 e. The molecule has 2 atom stereocenters. The maximum Gasteiger partial charge on any atom is 0.130 e. The topological polar surface area (TPSA) is 12.0 Å². The van der Waals surface area contributed by atoms with Gasteiger partial charge in [-0.05, 0) is 30.4 Å². The summed E-state index contributed by atoms with van der Waals surface area (Å²) in [6, 6.07) is 6.79. The average Bonchev–Trinajstić information content (AvgIpc) is 2.52. The Labute approximate surface area is 128 Å². The van der Waals surface area contributed by atoms with E-state index in [-0.39, 0.29) is 5.82 Å². The SMILES string of the molecule is C=C(/C=C/c1ccccc1F)NCC1CCCCC1CC. The van der Waals surface area contributed by atoms with Gasteiger partial charge in [0.2, 0.25) is 0 Å². The quantitative estimate of drug-likeness (QED) is 0.713. The first-order valence-electron chi connectivity index (χ1n) is 8.06. The Morgan fingerprint density at radius 2 is 2.00 bits per heavy atom. The molecule has 1 aromatic carbocycles. The molecule has 0 radical (unpaired) electrons. The Bertz CT molecular complexity index is 492. The highest BCUT2D eigenvalue weighted by molar-refractivity contribution is 5.52. The molecule has 2 unspecified atom stereocenters. The van der Waals surface area contributed by atoms with Crippen molar-refractivity contribution in [2.24, 2.45) is 11.8 Å². The average molecular weight is 287 g/mol. The fourth-order valence-electron chi connectivity index (χ4n) is 3.21. The van der Waals surface area contributed by atoms with Crippen LogP contribution in [0.2, 0.25) is 0 Å². The number of benzene rings is 1. The standard InChI is InChI=1S/C19H26FN/c1-3-16-8-4-5-10-18(16)14-21-15(2)12-13-17-9-6-7-11-19(17)20/h6-7,9,11-13,16,18,21H,2-5,8,10,14H2,1H3/b13-12+. The maximum absolute atomic E-state index is 13.5. The fraction of sp³-hybridized carbons (Fsp3) is 0.474. The van der Waals surface area contributed by atoms with Crippen LogP contribution in [-0.2, 0) is 0 Å². The van der Waals surface area contributed by atoms with Gasteiger partial charge in [0.15, 0.2) is 0 Å². The summed E-state index contributed by atoms with van der Waals surface area (Å²) in [4.78, 5) is 0. The molecule has 1 N–H and O–H groups in total. The van der Waals surface area contributed by atoms with Crippen LogP contribution in [0.25, 0.3) is 6.08 Å². The molecule has 1 aliphatic rings. The lowest BCUT2D eigenvalue weighted by atomic mass is 9.78. The van der Waals surface area contributed by atoms with Crippen molar-refractivity contribution < 1.29 is 4.39 Å². The van der Waals surface area contributed by atoms with E-state index in [0.717, 1.165) is 24.1 Å². The minimum Gasteiger partial charge on any atom is -0.385 e. The molecule has 2 rings (SSSR count). The summed E-state index contributed by atoms with van der Waals surface area (Å²) >= 11 is 0. The van der Waals surface area contributed by atoms with Gasteiger partial charge >= 0.3 is 0 Å². The van der Waals surface area contributed by atoms with Gasteiger partial charge in [-0.2, -0.15) is 0 Å². The molecule has 1 saturated carbocycles. The number of hydrogen-bond acceptors (Lipinski definition) is 1. The molecule has 1 nitrogen and oxygen atoms in total. The van der Waals surface area contributed by atoms with Crippen molar-refractivity contribution >= 4 is 6.08 Å². The highest BCUT2D eigenvalue weighted by atomic mass is 19.1. The minimum atomic E-state index is -0.195. The highest BCUT2D eigenvalue weighted by Crippen LogP contribution is 2.31. The van der Waals surface area contributed by atoms with Gasteiger partial charge in [0.25, 0.3) is 0 Å². The Hall–Kier alpha value is -1.57. The molecule has 2 heteroatoms. The third kappa shape index (κ3) is 4.73. The largest absolute Gasteiger partial charge is 0.385 e. The van der Waals surface area contributed by atoms with Crippen LogP contribution in [0.4, 0.5) is 4.39 Å². The van der Waals surface area contributed by atoms with Crippen molar-refractivity contribution in [3.63, 3.8) is 0 Å². The predicted octanol–water partition coefficient (Wildman–Crippen LogP) is 5.16. The molecule has 1 aliphatic carbocycles. The Morgan fingerprint density at radius 3 is 2.71 bits per heavy atom. The second kappa shape index (κ2) is 8.02. The Balaban J connectivity index is 1.83. The van der Waals surface area contributed by atoms with E-state index in [2.05, 4.69) is 18.8 Å². The van der Waals surface area contributed by atoms with Gasteiger partial charge in [0, 0.05) is 17.8 Å². The fourth-order valence-corrected chi connectivity index (χ4v) is 3.21. The maximum atomic E-state index is 13.5. The van der Waals surface area contributed by atoms with Crippen molar-refractivity contribution in [3.05, 3.63) is 54.0 Å². The predicted molar refractivity (Wildman–Crippen MR) is 88.3 cm³/mol. The first-order valence-corrected chi connectivity index (χ1v) is 8.06. The van der Waals surface area contributed by atoms with Gasteiger partial charge in [-0.25, -0.2) is 4.39 Å². The van der Waals surface area contributed by atoms with E-state index >= 15 is 0 Å². The second-order valence-corrected chi connectivity index (χ2v) is 5.97.